The lowest BCUT2D eigenvalue weighted by Gasteiger charge is -2.56. The summed E-state index contributed by atoms with van der Waals surface area (Å²) < 4.78 is 4.86. The molecule has 0 heterocycles. The SMILES string of the molecule is COC(=O)CC1=C(C)[C@H](O)CC2C(C)(C)CCC[C@]12C. The summed E-state index contributed by atoms with van der Waals surface area (Å²) in [5, 5.41) is 10.4. The number of esters is 1. The van der Waals surface area contributed by atoms with E-state index in [1.165, 1.54) is 20.0 Å². The summed E-state index contributed by atoms with van der Waals surface area (Å²) in [5.74, 6) is 0.235. The van der Waals surface area contributed by atoms with E-state index >= 15 is 0 Å². The summed E-state index contributed by atoms with van der Waals surface area (Å²) in [6.07, 6.45) is 4.23. The average molecular weight is 280 g/mol. The Kier molecular flexibility index (Phi) is 4.03. The van der Waals surface area contributed by atoms with Crippen molar-refractivity contribution in [1.29, 1.82) is 0 Å². The Balaban J connectivity index is 2.45. The monoisotopic (exact) mass is 280 g/mol. The molecule has 3 atom stereocenters. The molecule has 0 aliphatic heterocycles. The van der Waals surface area contributed by atoms with E-state index in [9.17, 15) is 9.90 Å². The van der Waals surface area contributed by atoms with Crippen LogP contribution < -0.4 is 0 Å². The number of carbonyl (C=O) groups excluding carboxylic acids is 1. The molecule has 20 heavy (non-hydrogen) atoms. The number of rotatable bonds is 2. The summed E-state index contributed by atoms with van der Waals surface area (Å²) in [4.78, 5) is 11.8. The summed E-state index contributed by atoms with van der Waals surface area (Å²) in [7, 11) is 1.43. The van der Waals surface area contributed by atoms with Crippen molar-refractivity contribution in [3.63, 3.8) is 0 Å². The van der Waals surface area contributed by atoms with Crippen LogP contribution >= 0.6 is 0 Å². The molecule has 1 fully saturated rings. The van der Waals surface area contributed by atoms with Gasteiger partial charge in [-0.05, 0) is 48.5 Å². The van der Waals surface area contributed by atoms with Crippen molar-refractivity contribution in [3.05, 3.63) is 11.1 Å². The van der Waals surface area contributed by atoms with E-state index in [2.05, 4.69) is 20.8 Å². The first kappa shape index (κ1) is 15.6. The lowest BCUT2D eigenvalue weighted by molar-refractivity contribution is -0.140. The van der Waals surface area contributed by atoms with E-state index in [1.807, 2.05) is 6.92 Å². The van der Waals surface area contributed by atoms with Gasteiger partial charge in [-0.25, -0.2) is 0 Å². The third-order valence-corrected chi connectivity index (χ3v) is 5.90. The maximum absolute atomic E-state index is 11.8. The van der Waals surface area contributed by atoms with Crippen LogP contribution in [0.3, 0.4) is 0 Å². The van der Waals surface area contributed by atoms with E-state index in [4.69, 9.17) is 4.74 Å². The van der Waals surface area contributed by atoms with Gasteiger partial charge >= 0.3 is 5.97 Å². The highest BCUT2D eigenvalue weighted by atomic mass is 16.5. The number of hydrogen-bond donors (Lipinski definition) is 1. The Hall–Kier alpha value is -0.830. The molecule has 0 aromatic heterocycles. The number of methoxy groups -OCH3 is 1. The zero-order valence-electron chi connectivity index (χ0n) is 13.5. The van der Waals surface area contributed by atoms with Crippen LogP contribution in [0.4, 0.5) is 0 Å². The molecule has 2 rings (SSSR count). The van der Waals surface area contributed by atoms with E-state index in [0.717, 1.165) is 24.0 Å². The quantitative estimate of drug-likeness (QED) is 0.622. The molecule has 2 aliphatic rings. The molecular formula is C17H28O3. The van der Waals surface area contributed by atoms with Crippen molar-refractivity contribution in [2.24, 2.45) is 16.7 Å². The second-order valence-corrected chi connectivity index (χ2v) is 7.48. The number of fused-ring (bicyclic) bond motifs is 1. The Morgan fingerprint density at radius 3 is 2.60 bits per heavy atom. The minimum absolute atomic E-state index is 0.0270. The maximum atomic E-state index is 11.8. The van der Waals surface area contributed by atoms with Gasteiger partial charge < -0.3 is 9.84 Å². The van der Waals surface area contributed by atoms with Crippen molar-refractivity contribution >= 4 is 5.97 Å². The molecule has 3 heteroatoms. The van der Waals surface area contributed by atoms with Gasteiger partial charge in [0.15, 0.2) is 0 Å². The van der Waals surface area contributed by atoms with Crippen LogP contribution in [-0.4, -0.2) is 24.3 Å². The molecule has 0 radical (unpaired) electrons. The number of ether oxygens (including phenoxy) is 1. The second-order valence-electron chi connectivity index (χ2n) is 7.48. The first-order valence-corrected chi connectivity index (χ1v) is 7.67. The van der Waals surface area contributed by atoms with E-state index in [-0.39, 0.29) is 16.8 Å². The average Bonchev–Trinajstić information content (AvgIpc) is 2.37. The van der Waals surface area contributed by atoms with Crippen LogP contribution in [0.5, 0.6) is 0 Å². The zero-order valence-corrected chi connectivity index (χ0v) is 13.5. The first-order valence-electron chi connectivity index (χ1n) is 7.67. The third-order valence-electron chi connectivity index (χ3n) is 5.90. The Bertz CT molecular complexity index is 436. The molecule has 0 saturated heterocycles. The van der Waals surface area contributed by atoms with Crippen LogP contribution in [0.25, 0.3) is 0 Å². The highest BCUT2D eigenvalue weighted by Gasteiger charge is 2.52. The largest absolute Gasteiger partial charge is 0.469 e. The first-order chi connectivity index (χ1) is 9.22. The molecular weight excluding hydrogens is 252 g/mol. The summed E-state index contributed by atoms with van der Waals surface area (Å²) in [6.45, 7) is 8.87. The maximum Gasteiger partial charge on any atom is 0.309 e. The second kappa shape index (κ2) is 5.18. The Morgan fingerprint density at radius 1 is 1.35 bits per heavy atom. The van der Waals surface area contributed by atoms with Crippen molar-refractivity contribution in [1.82, 2.24) is 0 Å². The summed E-state index contributed by atoms with van der Waals surface area (Å²) in [5.41, 5.74) is 2.36. The molecule has 0 aromatic carbocycles. The van der Waals surface area contributed by atoms with Crippen molar-refractivity contribution < 1.29 is 14.6 Å². The lowest BCUT2D eigenvalue weighted by Crippen LogP contribution is -2.48. The smallest absolute Gasteiger partial charge is 0.309 e. The van der Waals surface area contributed by atoms with Crippen LogP contribution in [-0.2, 0) is 9.53 Å². The fourth-order valence-electron chi connectivity index (χ4n) is 4.67. The van der Waals surface area contributed by atoms with E-state index < -0.39 is 6.10 Å². The Morgan fingerprint density at radius 2 is 2.00 bits per heavy atom. The molecule has 1 saturated carbocycles. The zero-order chi connectivity index (χ0) is 15.1. The van der Waals surface area contributed by atoms with Gasteiger partial charge in [0.25, 0.3) is 0 Å². The fourth-order valence-corrected chi connectivity index (χ4v) is 4.67. The molecule has 0 aromatic rings. The van der Waals surface area contributed by atoms with Crippen LogP contribution in [0.1, 0.15) is 59.8 Å². The fraction of sp³-hybridized carbons (Fsp3) is 0.824. The minimum Gasteiger partial charge on any atom is -0.469 e. The van der Waals surface area contributed by atoms with Crippen molar-refractivity contribution in [2.45, 2.75) is 65.9 Å². The predicted molar refractivity (Wildman–Crippen MR) is 79.2 cm³/mol. The van der Waals surface area contributed by atoms with E-state index in [0.29, 0.717) is 12.3 Å². The van der Waals surface area contributed by atoms with Gasteiger partial charge in [0.1, 0.15) is 0 Å². The molecule has 114 valence electrons. The number of aliphatic hydroxyl groups is 1. The molecule has 3 nitrogen and oxygen atoms in total. The Labute approximate surface area is 122 Å². The molecule has 0 bridgehead atoms. The van der Waals surface area contributed by atoms with Gasteiger partial charge in [-0.3, -0.25) is 4.79 Å². The summed E-state index contributed by atoms with van der Waals surface area (Å²) in [6, 6.07) is 0. The topological polar surface area (TPSA) is 46.5 Å². The third kappa shape index (κ3) is 2.41. The molecule has 0 spiro atoms. The molecule has 0 amide bonds. The number of aliphatic hydroxyl groups excluding tert-OH is 1. The molecule has 2 aliphatic carbocycles. The molecule has 1 unspecified atom stereocenters. The van der Waals surface area contributed by atoms with Gasteiger partial charge in [-0.15, -0.1) is 0 Å². The highest BCUT2D eigenvalue weighted by molar-refractivity contribution is 5.73. The highest BCUT2D eigenvalue weighted by Crippen LogP contribution is 2.60. The van der Waals surface area contributed by atoms with Gasteiger partial charge in [0.2, 0.25) is 0 Å². The lowest BCUT2D eigenvalue weighted by atomic mass is 9.49. The van der Waals surface area contributed by atoms with Crippen LogP contribution in [0.15, 0.2) is 11.1 Å². The number of hydrogen-bond acceptors (Lipinski definition) is 3. The number of carbonyl (C=O) groups is 1. The van der Waals surface area contributed by atoms with Gasteiger partial charge in [0.05, 0.1) is 19.6 Å². The minimum atomic E-state index is -0.412. The molecule has 1 N–H and O–H groups in total. The van der Waals surface area contributed by atoms with Gasteiger partial charge in [0, 0.05) is 0 Å². The normalized spacial score (nSPS) is 36.5. The summed E-state index contributed by atoms with van der Waals surface area (Å²) >= 11 is 0. The van der Waals surface area contributed by atoms with Gasteiger partial charge in [-0.2, -0.15) is 0 Å². The van der Waals surface area contributed by atoms with E-state index in [1.54, 1.807) is 0 Å². The van der Waals surface area contributed by atoms with Crippen molar-refractivity contribution in [2.75, 3.05) is 7.11 Å². The van der Waals surface area contributed by atoms with Gasteiger partial charge in [-0.1, -0.05) is 32.8 Å². The standard InChI is InChI=1S/C17H28O3/c1-11-12(9-15(19)20-5)17(4)8-6-7-16(2,3)14(17)10-13(11)18/h13-14,18H,6-10H2,1-5H3/t13-,14?,17-/m1/s1. The van der Waals surface area contributed by atoms with Crippen molar-refractivity contribution in [3.8, 4) is 0 Å². The van der Waals surface area contributed by atoms with Crippen LogP contribution in [0, 0.1) is 16.7 Å². The predicted octanol–water partition coefficient (Wildman–Crippen LogP) is 3.46. The van der Waals surface area contributed by atoms with Crippen LogP contribution in [0.2, 0.25) is 0 Å².